The average molecular weight is 366 g/mol. The molecule has 0 atom stereocenters. The third kappa shape index (κ3) is 4.30. The minimum Gasteiger partial charge on any atom is -0.391 e. The molecular weight excluding hydrogens is 350 g/mol. The fourth-order valence-corrected chi connectivity index (χ4v) is 2.75. The highest BCUT2D eigenvalue weighted by molar-refractivity contribution is 9.10. The summed E-state index contributed by atoms with van der Waals surface area (Å²) in [7, 11) is 0. The number of hydrogen-bond acceptors (Lipinski definition) is 2. The maximum atomic E-state index is 5.48. The van der Waals surface area contributed by atoms with Crippen molar-refractivity contribution in [2.75, 3.05) is 0 Å². The van der Waals surface area contributed by atoms with Crippen molar-refractivity contribution >= 4 is 22.1 Å². The quantitative estimate of drug-likeness (QED) is 0.421. The Morgan fingerprint density at radius 1 is 0.870 bits per heavy atom. The van der Waals surface area contributed by atoms with E-state index in [0.717, 1.165) is 15.6 Å². The van der Waals surface area contributed by atoms with E-state index in [1.54, 1.807) is 6.21 Å². The zero-order chi connectivity index (χ0) is 15.9. The van der Waals surface area contributed by atoms with Gasteiger partial charge in [-0.1, -0.05) is 87.8 Å². The van der Waals surface area contributed by atoms with Crippen molar-refractivity contribution < 1.29 is 4.84 Å². The molecule has 0 aliphatic carbocycles. The average Bonchev–Trinajstić information content (AvgIpc) is 2.60. The normalized spacial score (nSPS) is 10.8. The van der Waals surface area contributed by atoms with Crippen molar-refractivity contribution in [2.45, 2.75) is 6.61 Å². The Morgan fingerprint density at radius 2 is 1.65 bits per heavy atom. The molecule has 2 nitrogen and oxygen atoms in total. The largest absolute Gasteiger partial charge is 0.391 e. The number of halogens is 1. The Bertz CT molecular complexity index is 800. The Morgan fingerprint density at radius 3 is 2.48 bits per heavy atom. The molecule has 0 amide bonds. The summed E-state index contributed by atoms with van der Waals surface area (Å²) in [5.41, 5.74) is 4.47. The summed E-state index contributed by atoms with van der Waals surface area (Å²) >= 11 is 3.44. The van der Waals surface area contributed by atoms with Crippen molar-refractivity contribution in [3.8, 4) is 11.1 Å². The molecule has 0 aliphatic heterocycles. The molecule has 0 bridgehead atoms. The monoisotopic (exact) mass is 365 g/mol. The van der Waals surface area contributed by atoms with E-state index < -0.39 is 0 Å². The summed E-state index contributed by atoms with van der Waals surface area (Å²) in [5.74, 6) is 0. The Labute approximate surface area is 144 Å². The van der Waals surface area contributed by atoms with Gasteiger partial charge in [0.25, 0.3) is 0 Å². The van der Waals surface area contributed by atoms with Gasteiger partial charge < -0.3 is 4.84 Å². The highest BCUT2D eigenvalue weighted by atomic mass is 79.9. The fraction of sp³-hybridized carbons (Fsp3) is 0.0500. The molecule has 0 saturated carbocycles. The summed E-state index contributed by atoms with van der Waals surface area (Å²) in [6, 6.07) is 26.4. The Balaban J connectivity index is 1.69. The minimum atomic E-state index is 0.440. The number of hydrogen-bond donors (Lipinski definition) is 0. The summed E-state index contributed by atoms with van der Waals surface area (Å²) in [5, 5.41) is 4.07. The third-order valence-corrected chi connectivity index (χ3v) is 3.94. The summed E-state index contributed by atoms with van der Waals surface area (Å²) in [4.78, 5) is 5.48. The first kappa shape index (κ1) is 15.5. The first-order valence-electron chi connectivity index (χ1n) is 7.37. The van der Waals surface area contributed by atoms with E-state index in [0.29, 0.717) is 6.61 Å². The van der Waals surface area contributed by atoms with Crippen LogP contribution in [0.3, 0.4) is 0 Å². The van der Waals surface area contributed by atoms with Gasteiger partial charge >= 0.3 is 0 Å². The molecule has 3 aromatic rings. The molecule has 3 rings (SSSR count). The molecule has 0 N–H and O–H groups in total. The van der Waals surface area contributed by atoms with Crippen LogP contribution >= 0.6 is 15.9 Å². The van der Waals surface area contributed by atoms with Crippen LogP contribution in [0.1, 0.15) is 11.1 Å². The van der Waals surface area contributed by atoms with E-state index in [4.69, 9.17) is 4.84 Å². The van der Waals surface area contributed by atoms with Crippen molar-refractivity contribution in [3.63, 3.8) is 0 Å². The number of nitrogens with zero attached hydrogens (tertiary/aromatic N) is 1. The second kappa shape index (κ2) is 7.75. The van der Waals surface area contributed by atoms with Crippen molar-refractivity contribution in [1.29, 1.82) is 0 Å². The molecule has 114 valence electrons. The van der Waals surface area contributed by atoms with Gasteiger partial charge in [0.05, 0.1) is 6.21 Å². The lowest BCUT2D eigenvalue weighted by molar-refractivity contribution is 0.132. The van der Waals surface area contributed by atoms with Gasteiger partial charge in [0.2, 0.25) is 0 Å². The smallest absolute Gasteiger partial charge is 0.142 e. The zero-order valence-corrected chi connectivity index (χ0v) is 14.1. The third-order valence-electron chi connectivity index (χ3n) is 3.45. The van der Waals surface area contributed by atoms with Gasteiger partial charge in [-0.2, -0.15) is 0 Å². The maximum absolute atomic E-state index is 5.48. The maximum Gasteiger partial charge on any atom is 0.142 e. The van der Waals surface area contributed by atoms with E-state index in [2.05, 4.69) is 45.4 Å². The summed E-state index contributed by atoms with van der Waals surface area (Å²) in [6.45, 7) is 0.440. The zero-order valence-electron chi connectivity index (χ0n) is 12.5. The highest BCUT2D eigenvalue weighted by Crippen LogP contribution is 2.23. The topological polar surface area (TPSA) is 21.6 Å². The van der Waals surface area contributed by atoms with Gasteiger partial charge in [-0.05, 0) is 34.4 Å². The van der Waals surface area contributed by atoms with Gasteiger partial charge in [-0.25, -0.2) is 0 Å². The molecule has 0 fully saturated rings. The van der Waals surface area contributed by atoms with Crippen LogP contribution in [0.5, 0.6) is 0 Å². The van der Waals surface area contributed by atoms with Crippen LogP contribution < -0.4 is 0 Å². The molecule has 0 heterocycles. The second-order valence-electron chi connectivity index (χ2n) is 5.09. The Hall–Kier alpha value is -2.39. The second-order valence-corrected chi connectivity index (χ2v) is 6.00. The first-order chi connectivity index (χ1) is 11.3. The number of rotatable bonds is 5. The van der Waals surface area contributed by atoms with Gasteiger partial charge in [0.15, 0.2) is 0 Å². The van der Waals surface area contributed by atoms with E-state index in [1.165, 1.54) is 11.1 Å². The van der Waals surface area contributed by atoms with Gasteiger partial charge in [0, 0.05) is 4.47 Å². The molecule has 0 radical (unpaired) electrons. The van der Waals surface area contributed by atoms with Crippen LogP contribution in [-0.4, -0.2) is 6.21 Å². The molecule has 0 saturated heterocycles. The molecule has 0 unspecified atom stereocenters. The standard InChI is InChI=1S/C20H16BrNO/c21-19-11-6-7-16(13-19)14-22-23-15-18-10-4-5-12-20(18)17-8-2-1-3-9-17/h1-14H,15H2. The molecule has 23 heavy (non-hydrogen) atoms. The number of oxime groups is 1. The number of benzene rings is 3. The molecular formula is C20H16BrNO. The van der Waals surface area contributed by atoms with Gasteiger partial charge in [-0.15, -0.1) is 0 Å². The first-order valence-corrected chi connectivity index (χ1v) is 8.16. The van der Waals surface area contributed by atoms with Crippen LogP contribution in [0.2, 0.25) is 0 Å². The van der Waals surface area contributed by atoms with Gasteiger partial charge in [-0.3, -0.25) is 0 Å². The predicted octanol–water partition coefficient (Wildman–Crippen LogP) is 5.67. The lowest BCUT2D eigenvalue weighted by Crippen LogP contribution is -1.92. The summed E-state index contributed by atoms with van der Waals surface area (Å²) < 4.78 is 1.02. The fourth-order valence-electron chi connectivity index (χ4n) is 2.34. The molecule has 0 aliphatic rings. The van der Waals surface area contributed by atoms with Crippen molar-refractivity contribution in [2.24, 2.45) is 5.16 Å². The lowest BCUT2D eigenvalue weighted by Gasteiger charge is -2.08. The van der Waals surface area contributed by atoms with E-state index in [-0.39, 0.29) is 0 Å². The van der Waals surface area contributed by atoms with Crippen LogP contribution in [0, 0.1) is 0 Å². The van der Waals surface area contributed by atoms with Crippen molar-refractivity contribution in [3.05, 3.63) is 94.5 Å². The minimum absolute atomic E-state index is 0.440. The van der Waals surface area contributed by atoms with Crippen LogP contribution in [-0.2, 0) is 11.4 Å². The molecule has 3 aromatic carbocycles. The van der Waals surface area contributed by atoms with E-state index in [9.17, 15) is 0 Å². The molecule has 0 aromatic heterocycles. The van der Waals surface area contributed by atoms with Gasteiger partial charge in [0.1, 0.15) is 6.61 Å². The van der Waals surface area contributed by atoms with Crippen LogP contribution in [0.15, 0.2) is 88.5 Å². The molecule has 0 spiro atoms. The van der Waals surface area contributed by atoms with Crippen LogP contribution in [0.25, 0.3) is 11.1 Å². The van der Waals surface area contributed by atoms with Crippen LogP contribution in [0.4, 0.5) is 0 Å². The predicted molar refractivity (Wildman–Crippen MR) is 98.4 cm³/mol. The molecule has 3 heteroatoms. The highest BCUT2D eigenvalue weighted by Gasteiger charge is 2.04. The van der Waals surface area contributed by atoms with E-state index in [1.807, 2.05) is 54.6 Å². The Kier molecular flexibility index (Phi) is 5.22. The lowest BCUT2D eigenvalue weighted by atomic mass is 10.0. The SMILES string of the molecule is Brc1cccc(C=NOCc2ccccc2-c2ccccc2)c1. The van der Waals surface area contributed by atoms with Crippen molar-refractivity contribution in [1.82, 2.24) is 0 Å². The van der Waals surface area contributed by atoms with E-state index >= 15 is 0 Å². The summed E-state index contributed by atoms with van der Waals surface area (Å²) in [6.07, 6.45) is 1.72.